The molecule has 0 saturated heterocycles. The second-order valence-electron chi connectivity index (χ2n) is 4.28. The molecule has 0 aliphatic carbocycles. The van der Waals surface area contributed by atoms with Crippen LogP contribution < -0.4 is 5.32 Å². The van der Waals surface area contributed by atoms with Crippen molar-refractivity contribution in [2.45, 2.75) is 19.8 Å². The van der Waals surface area contributed by atoms with Crippen LogP contribution in [0.3, 0.4) is 0 Å². The first kappa shape index (κ1) is 21.2. The van der Waals surface area contributed by atoms with Gasteiger partial charge in [0.1, 0.15) is 0 Å². The highest BCUT2D eigenvalue weighted by atomic mass is 127. The number of hydrogen-bond donors (Lipinski definition) is 2. The molecule has 1 aromatic rings. The Morgan fingerprint density at radius 3 is 2.52 bits per heavy atom. The van der Waals surface area contributed by atoms with Gasteiger partial charge in [-0.05, 0) is 25.5 Å². The number of hydrogen-bond acceptors (Lipinski definition) is 4. The summed E-state index contributed by atoms with van der Waals surface area (Å²) in [5.41, 5.74) is 0.593. The molecule has 0 radical (unpaired) electrons. The van der Waals surface area contributed by atoms with Crippen molar-refractivity contribution in [3.63, 3.8) is 0 Å². The van der Waals surface area contributed by atoms with Crippen LogP contribution in [0.25, 0.3) is 0 Å². The zero-order valence-corrected chi connectivity index (χ0v) is 15.0. The highest BCUT2D eigenvalue weighted by Gasteiger charge is 2.18. The molecule has 1 amide bonds. The number of benzene rings is 1. The first-order chi connectivity index (χ1) is 11.0. The lowest BCUT2D eigenvalue weighted by atomic mass is 10.0. The van der Waals surface area contributed by atoms with E-state index in [2.05, 4.69) is 14.3 Å². The molecule has 0 aliphatic rings. The Hall–Kier alpha value is -1.79. The molecule has 0 fully saturated rings. The summed E-state index contributed by atoms with van der Waals surface area (Å²) >= 11 is 1.57. The van der Waals surface area contributed by atoms with Crippen molar-refractivity contribution in [2.75, 3.05) is 18.5 Å². The van der Waals surface area contributed by atoms with Crippen molar-refractivity contribution in [1.82, 2.24) is 0 Å². The number of rotatable bonds is 7. The van der Waals surface area contributed by atoms with Gasteiger partial charge in [0, 0.05) is 25.3 Å². The molecule has 0 bridgehead atoms. The van der Waals surface area contributed by atoms with Crippen LogP contribution in [0.5, 0.6) is 0 Å². The maximum Gasteiger partial charge on any atom is 0.409 e. The van der Waals surface area contributed by atoms with Crippen LogP contribution in [0.1, 0.15) is 19.8 Å². The Bertz CT molecular complexity index is 501. The molecule has 23 heavy (non-hydrogen) atoms. The van der Waals surface area contributed by atoms with E-state index < -0.39 is 6.09 Å². The Morgan fingerprint density at radius 1 is 1.39 bits per heavy atom. The van der Waals surface area contributed by atoms with Gasteiger partial charge in [-0.2, -0.15) is 0 Å². The van der Waals surface area contributed by atoms with E-state index in [1.54, 1.807) is 47.3 Å². The third-order valence-electron chi connectivity index (χ3n) is 2.61. The Morgan fingerprint density at radius 2 is 2.04 bits per heavy atom. The number of terminal acetylenes is 1. The Kier molecular flexibility index (Phi) is 12.8. The average Bonchev–Trinajstić information content (AvgIpc) is 2.54. The predicted octanol–water partition coefficient (Wildman–Crippen LogP) is 3.72. The van der Waals surface area contributed by atoms with E-state index in [0.29, 0.717) is 31.7 Å². The third kappa shape index (κ3) is 11.4. The maximum atomic E-state index is 11.1. The minimum Gasteiger partial charge on any atom is -0.465 e. The number of anilines is 1. The molecule has 0 aromatic heterocycles. The highest BCUT2D eigenvalue weighted by molar-refractivity contribution is 14.1. The van der Waals surface area contributed by atoms with E-state index in [9.17, 15) is 9.59 Å². The number of carboxylic acid groups (broad SMARTS) is 1. The molecule has 1 aromatic carbocycles. The quantitative estimate of drug-likeness (QED) is 0.389. The predicted molar refractivity (Wildman–Crippen MR) is 96.3 cm³/mol. The van der Waals surface area contributed by atoms with Gasteiger partial charge < -0.3 is 12.9 Å². The van der Waals surface area contributed by atoms with Crippen LogP contribution in [0.15, 0.2) is 30.3 Å². The fourth-order valence-electron chi connectivity index (χ4n) is 1.52. The van der Waals surface area contributed by atoms with Crippen LogP contribution in [0.2, 0.25) is 0 Å². The van der Waals surface area contributed by atoms with Gasteiger partial charge >= 0.3 is 12.1 Å². The molecule has 0 aliphatic heterocycles. The largest absolute Gasteiger partial charge is 0.465 e. The molecule has 7 heteroatoms. The molecular formula is C16H20INO5. The number of para-hydroxylation sites is 1. The number of carbonyl (C=O) groups is 2. The van der Waals surface area contributed by atoms with Gasteiger partial charge in [-0.15, -0.1) is 12.3 Å². The SMILES string of the molecule is C#CCC(CCOCC)C(=O)OI.O=C(O)Nc1ccccc1. The van der Waals surface area contributed by atoms with Crippen molar-refractivity contribution in [3.8, 4) is 12.3 Å². The van der Waals surface area contributed by atoms with Crippen molar-refractivity contribution in [3.05, 3.63) is 30.3 Å². The smallest absolute Gasteiger partial charge is 0.409 e. The van der Waals surface area contributed by atoms with Crippen LogP contribution >= 0.6 is 23.0 Å². The molecular weight excluding hydrogens is 413 g/mol. The van der Waals surface area contributed by atoms with Crippen molar-refractivity contribution >= 4 is 40.8 Å². The topological polar surface area (TPSA) is 84.9 Å². The molecule has 1 rings (SSSR count). The van der Waals surface area contributed by atoms with Gasteiger partial charge in [-0.1, -0.05) is 18.2 Å². The number of carbonyl (C=O) groups excluding carboxylic acids is 1. The minimum absolute atomic E-state index is 0.228. The summed E-state index contributed by atoms with van der Waals surface area (Å²) in [6.07, 6.45) is 5.13. The molecule has 0 saturated carbocycles. The summed E-state index contributed by atoms with van der Waals surface area (Å²) in [6, 6.07) is 8.74. The zero-order valence-electron chi connectivity index (χ0n) is 12.8. The van der Waals surface area contributed by atoms with Gasteiger partial charge in [0.05, 0.1) is 5.92 Å². The molecule has 126 valence electrons. The normalized spacial score (nSPS) is 10.5. The Labute approximate surface area is 150 Å². The number of ether oxygens (including phenoxy) is 1. The van der Waals surface area contributed by atoms with E-state index in [4.69, 9.17) is 16.3 Å². The summed E-state index contributed by atoms with van der Waals surface area (Å²) in [5, 5.41) is 10.5. The second kappa shape index (κ2) is 13.8. The number of nitrogens with one attached hydrogen (secondary N) is 1. The second-order valence-corrected chi connectivity index (χ2v) is 4.72. The Balaban J connectivity index is 0.000000433. The lowest BCUT2D eigenvalue weighted by Gasteiger charge is -2.09. The van der Waals surface area contributed by atoms with Gasteiger partial charge in [0.2, 0.25) is 0 Å². The first-order valence-corrected chi connectivity index (χ1v) is 7.81. The third-order valence-corrected chi connectivity index (χ3v) is 3.05. The molecule has 2 N–H and O–H groups in total. The van der Waals surface area contributed by atoms with Gasteiger partial charge in [-0.3, -0.25) is 10.1 Å². The van der Waals surface area contributed by atoms with E-state index in [0.717, 1.165) is 0 Å². The van der Waals surface area contributed by atoms with E-state index in [1.165, 1.54) is 0 Å². The van der Waals surface area contributed by atoms with Gasteiger partial charge in [-0.25, -0.2) is 4.79 Å². The average molecular weight is 433 g/mol. The number of amides is 1. The summed E-state index contributed by atoms with van der Waals surface area (Å²) < 4.78 is 9.70. The summed E-state index contributed by atoms with van der Waals surface area (Å²) in [4.78, 5) is 21.2. The summed E-state index contributed by atoms with van der Waals surface area (Å²) in [6.45, 7) is 3.11. The van der Waals surface area contributed by atoms with E-state index in [-0.39, 0.29) is 11.9 Å². The van der Waals surface area contributed by atoms with Crippen LogP contribution in [-0.2, 0) is 12.6 Å². The first-order valence-electron chi connectivity index (χ1n) is 6.93. The molecule has 1 atom stereocenters. The van der Waals surface area contributed by atoms with Crippen LogP contribution in [-0.4, -0.2) is 30.4 Å². The van der Waals surface area contributed by atoms with Crippen LogP contribution in [0, 0.1) is 18.3 Å². The molecule has 0 spiro atoms. The van der Waals surface area contributed by atoms with Gasteiger partial charge in [0.15, 0.2) is 23.0 Å². The maximum absolute atomic E-state index is 11.1. The highest BCUT2D eigenvalue weighted by Crippen LogP contribution is 2.12. The summed E-state index contributed by atoms with van der Waals surface area (Å²) in [7, 11) is 0. The molecule has 0 heterocycles. The minimum atomic E-state index is -1.04. The van der Waals surface area contributed by atoms with Crippen molar-refractivity contribution in [1.29, 1.82) is 0 Å². The molecule has 1 unspecified atom stereocenters. The monoisotopic (exact) mass is 433 g/mol. The fraction of sp³-hybridized carbons (Fsp3) is 0.375. The zero-order chi connectivity index (χ0) is 17.5. The number of halogens is 1. The van der Waals surface area contributed by atoms with Crippen molar-refractivity contribution < 1.29 is 22.5 Å². The standard InChI is InChI=1S/C9H13IO3.C7H7NO2/c1-3-5-8(9(11)13-10)6-7-12-4-2;9-7(10)8-6-4-2-1-3-5-6/h1,8H,4-7H2,2H3;1-5,8H,(H,9,10). The van der Waals surface area contributed by atoms with Gasteiger partial charge in [0.25, 0.3) is 0 Å². The lowest BCUT2D eigenvalue weighted by Crippen LogP contribution is -2.16. The van der Waals surface area contributed by atoms with Crippen LogP contribution in [0.4, 0.5) is 10.5 Å². The molecule has 6 nitrogen and oxygen atoms in total. The lowest BCUT2D eigenvalue weighted by molar-refractivity contribution is -0.136. The fourth-order valence-corrected chi connectivity index (χ4v) is 1.88. The van der Waals surface area contributed by atoms with E-state index >= 15 is 0 Å². The van der Waals surface area contributed by atoms with E-state index in [1.807, 2.05) is 13.0 Å². The van der Waals surface area contributed by atoms with Crippen molar-refractivity contribution in [2.24, 2.45) is 5.92 Å². The summed E-state index contributed by atoms with van der Waals surface area (Å²) in [5.74, 6) is 1.96.